The molecule has 5 nitrogen and oxygen atoms in total. The van der Waals surface area contributed by atoms with E-state index in [4.69, 9.17) is 5.21 Å². The van der Waals surface area contributed by atoms with Gasteiger partial charge in [0.1, 0.15) is 5.82 Å². The maximum atomic E-state index is 14.6. The van der Waals surface area contributed by atoms with Crippen molar-refractivity contribution in [1.82, 2.24) is 15.3 Å². The lowest BCUT2D eigenvalue weighted by Gasteiger charge is -2.55. The fourth-order valence-corrected chi connectivity index (χ4v) is 5.38. The summed E-state index contributed by atoms with van der Waals surface area (Å²) >= 11 is 0. The molecule has 6 heteroatoms. The number of rotatable bonds is 4. The number of hydroxylamine groups is 1. The zero-order valence-corrected chi connectivity index (χ0v) is 15.5. The summed E-state index contributed by atoms with van der Waals surface area (Å²) in [5, 5.41) is 8.85. The van der Waals surface area contributed by atoms with Crippen LogP contribution in [0.5, 0.6) is 0 Å². The van der Waals surface area contributed by atoms with Gasteiger partial charge in [0.15, 0.2) is 0 Å². The van der Waals surface area contributed by atoms with Gasteiger partial charge in [-0.1, -0.05) is 6.92 Å². The summed E-state index contributed by atoms with van der Waals surface area (Å²) in [5.74, 6) is 1.34. The topological polar surface area (TPSA) is 55.8 Å². The van der Waals surface area contributed by atoms with E-state index in [-0.39, 0.29) is 11.4 Å². The number of carbonyl (C=O) groups excluding carboxylic acids is 1. The summed E-state index contributed by atoms with van der Waals surface area (Å²) in [4.78, 5) is 16.6. The third-order valence-corrected chi connectivity index (χ3v) is 6.81. The first-order valence-corrected chi connectivity index (χ1v) is 9.68. The van der Waals surface area contributed by atoms with Gasteiger partial charge in [-0.25, -0.2) is 9.87 Å². The molecule has 1 aromatic carbocycles. The van der Waals surface area contributed by atoms with Crippen LogP contribution in [0.4, 0.5) is 4.39 Å². The molecule has 2 fully saturated rings. The van der Waals surface area contributed by atoms with Crippen molar-refractivity contribution in [2.24, 2.45) is 17.8 Å². The van der Waals surface area contributed by atoms with E-state index in [0.29, 0.717) is 19.0 Å². The van der Waals surface area contributed by atoms with E-state index >= 15 is 0 Å². The molecule has 1 saturated carbocycles. The second kappa shape index (κ2) is 6.91. The molecular formula is C20H28FN3O2. The van der Waals surface area contributed by atoms with Gasteiger partial charge in [-0.2, -0.15) is 0 Å². The average Bonchev–Trinajstić information content (AvgIpc) is 2.64. The average molecular weight is 361 g/mol. The molecule has 142 valence electrons. The Kier molecular flexibility index (Phi) is 4.75. The van der Waals surface area contributed by atoms with Gasteiger partial charge in [0, 0.05) is 37.8 Å². The van der Waals surface area contributed by atoms with Crippen LogP contribution < -0.4 is 5.48 Å². The van der Waals surface area contributed by atoms with E-state index in [2.05, 4.69) is 23.8 Å². The third-order valence-electron chi connectivity index (χ3n) is 6.81. The first-order chi connectivity index (χ1) is 12.5. The van der Waals surface area contributed by atoms with Crippen LogP contribution in [0.2, 0.25) is 0 Å². The summed E-state index contributed by atoms with van der Waals surface area (Å²) < 4.78 is 14.6. The molecule has 1 amide bonds. The fourth-order valence-electron chi connectivity index (χ4n) is 5.38. The standard InChI is InChI=1S/C20H28FN3O2/c1-3-16-7-17-15(4-12(6-19(17)21)20(25)22-26)10-24(16)11-18-13-5-14(18)9-23(2)8-13/h4,6,13-14,16,18,26H,3,5,7-11H2,1-2H3,(H,22,25)/t13?,14?,16-,18?/m1/s1. The van der Waals surface area contributed by atoms with Gasteiger partial charge in [-0.05, 0) is 67.3 Å². The Balaban J connectivity index is 1.55. The lowest BCUT2D eigenvalue weighted by molar-refractivity contribution is -0.0572. The molecule has 3 atom stereocenters. The van der Waals surface area contributed by atoms with Gasteiger partial charge in [-0.15, -0.1) is 0 Å². The maximum absolute atomic E-state index is 14.6. The van der Waals surface area contributed by atoms with E-state index in [1.807, 2.05) is 0 Å². The van der Waals surface area contributed by atoms with E-state index in [1.165, 1.54) is 25.6 Å². The molecule has 1 aromatic rings. The van der Waals surface area contributed by atoms with Gasteiger partial charge < -0.3 is 4.90 Å². The second-order valence-corrected chi connectivity index (χ2v) is 8.37. The highest BCUT2D eigenvalue weighted by molar-refractivity contribution is 5.93. The molecule has 3 aliphatic rings. The van der Waals surface area contributed by atoms with Crippen LogP contribution >= 0.6 is 0 Å². The number of fused-ring (bicyclic) bond motifs is 3. The number of amides is 1. The summed E-state index contributed by atoms with van der Waals surface area (Å²) in [6.45, 7) is 6.31. The van der Waals surface area contributed by atoms with Gasteiger partial charge in [0.05, 0.1) is 0 Å². The number of halogens is 1. The van der Waals surface area contributed by atoms with Crippen LogP contribution in [0.15, 0.2) is 12.1 Å². The summed E-state index contributed by atoms with van der Waals surface area (Å²) in [6, 6.07) is 3.32. The Morgan fingerprint density at radius 3 is 2.73 bits per heavy atom. The quantitative estimate of drug-likeness (QED) is 0.638. The minimum atomic E-state index is -0.660. The zero-order valence-electron chi connectivity index (χ0n) is 15.5. The van der Waals surface area contributed by atoms with Crippen molar-refractivity contribution in [2.75, 3.05) is 26.7 Å². The Labute approximate surface area is 154 Å². The predicted octanol–water partition coefficient (Wildman–Crippen LogP) is 2.28. The molecule has 1 saturated heterocycles. The number of carbonyl (C=O) groups is 1. The molecular weight excluding hydrogens is 333 g/mol. The minimum Gasteiger partial charge on any atom is -0.306 e. The maximum Gasteiger partial charge on any atom is 0.274 e. The van der Waals surface area contributed by atoms with Crippen molar-refractivity contribution in [3.8, 4) is 0 Å². The number of piperidine rings is 2. The Morgan fingerprint density at radius 1 is 1.35 bits per heavy atom. The number of likely N-dealkylation sites (tertiary alicyclic amines) is 1. The molecule has 1 aliphatic carbocycles. The van der Waals surface area contributed by atoms with Crippen molar-refractivity contribution in [3.05, 3.63) is 34.6 Å². The molecule has 2 unspecified atom stereocenters. The molecule has 0 spiro atoms. The van der Waals surface area contributed by atoms with Crippen molar-refractivity contribution in [1.29, 1.82) is 0 Å². The largest absolute Gasteiger partial charge is 0.306 e. The fraction of sp³-hybridized carbons (Fsp3) is 0.650. The highest BCUT2D eigenvalue weighted by Gasteiger charge is 2.46. The first-order valence-electron chi connectivity index (χ1n) is 9.68. The van der Waals surface area contributed by atoms with E-state index < -0.39 is 5.91 Å². The van der Waals surface area contributed by atoms with Crippen LogP contribution in [-0.2, 0) is 13.0 Å². The summed E-state index contributed by atoms with van der Waals surface area (Å²) in [7, 11) is 2.21. The second-order valence-electron chi connectivity index (χ2n) is 8.37. The lowest BCUT2D eigenvalue weighted by Crippen LogP contribution is -2.58. The van der Waals surface area contributed by atoms with E-state index in [1.54, 1.807) is 11.5 Å². The molecule has 2 heterocycles. The number of hydrogen-bond donors (Lipinski definition) is 2. The highest BCUT2D eigenvalue weighted by atomic mass is 19.1. The van der Waals surface area contributed by atoms with Crippen LogP contribution in [0.1, 0.15) is 41.3 Å². The molecule has 2 N–H and O–H groups in total. The van der Waals surface area contributed by atoms with Crippen LogP contribution in [0.3, 0.4) is 0 Å². The van der Waals surface area contributed by atoms with Crippen molar-refractivity contribution in [2.45, 2.75) is 38.8 Å². The summed E-state index contributed by atoms with van der Waals surface area (Å²) in [6.07, 6.45) is 3.05. The van der Waals surface area contributed by atoms with Gasteiger partial charge in [0.25, 0.3) is 5.91 Å². The van der Waals surface area contributed by atoms with Gasteiger partial charge >= 0.3 is 0 Å². The van der Waals surface area contributed by atoms with Crippen LogP contribution in [0.25, 0.3) is 0 Å². The van der Waals surface area contributed by atoms with E-state index in [9.17, 15) is 9.18 Å². The normalized spacial score (nSPS) is 31.2. The zero-order chi connectivity index (χ0) is 18.4. The number of nitrogens with one attached hydrogen (secondary N) is 1. The molecule has 2 bridgehead atoms. The van der Waals surface area contributed by atoms with Gasteiger partial charge in [-0.3, -0.25) is 14.9 Å². The molecule has 26 heavy (non-hydrogen) atoms. The monoisotopic (exact) mass is 361 g/mol. The number of nitrogens with zero attached hydrogens (tertiary/aromatic N) is 2. The highest BCUT2D eigenvalue weighted by Crippen LogP contribution is 2.46. The third kappa shape index (κ3) is 3.04. The van der Waals surface area contributed by atoms with Crippen LogP contribution in [0, 0.1) is 23.6 Å². The van der Waals surface area contributed by atoms with Crippen molar-refractivity contribution in [3.63, 3.8) is 0 Å². The molecule has 0 radical (unpaired) electrons. The molecule has 0 aromatic heterocycles. The number of benzene rings is 1. The Morgan fingerprint density at radius 2 is 2.08 bits per heavy atom. The predicted molar refractivity (Wildman–Crippen MR) is 96.4 cm³/mol. The first kappa shape index (κ1) is 17.9. The van der Waals surface area contributed by atoms with E-state index in [0.717, 1.165) is 41.8 Å². The molecule has 2 aliphatic heterocycles. The van der Waals surface area contributed by atoms with Crippen molar-refractivity contribution >= 4 is 5.91 Å². The molecule has 4 rings (SSSR count). The minimum absolute atomic E-state index is 0.181. The smallest absolute Gasteiger partial charge is 0.274 e. The van der Waals surface area contributed by atoms with Gasteiger partial charge in [0.2, 0.25) is 0 Å². The Hall–Kier alpha value is -1.50. The lowest BCUT2D eigenvalue weighted by atomic mass is 9.61. The summed E-state index contributed by atoms with van der Waals surface area (Å²) in [5.41, 5.74) is 3.40. The number of hydrogen-bond acceptors (Lipinski definition) is 4. The SMILES string of the molecule is CC[C@@H]1Cc2c(F)cc(C(=O)NO)cc2CN1CC1C2CC1CN(C)C2. The Bertz CT molecular complexity index is 699. The van der Waals surface area contributed by atoms with Crippen LogP contribution in [-0.4, -0.2) is 53.6 Å². The van der Waals surface area contributed by atoms with Crippen molar-refractivity contribution < 1.29 is 14.4 Å².